The maximum absolute atomic E-state index is 11.9. The zero-order valence-corrected chi connectivity index (χ0v) is 40.6. The molecule has 0 saturated heterocycles. The zero-order valence-electron chi connectivity index (χ0n) is 35.6. The molecule has 0 spiro atoms. The van der Waals surface area contributed by atoms with E-state index in [0.29, 0.717) is 36.3 Å². The summed E-state index contributed by atoms with van der Waals surface area (Å²) in [4.78, 5) is 41.9. The van der Waals surface area contributed by atoms with Crippen LogP contribution in [0.15, 0.2) is 0 Å². The molecule has 314 valence electrons. The first kappa shape index (κ1) is 49.3. The van der Waals surface area contributed by atoms with Gasteiger partial charge in [-0.05, 0) is 113 Å². The average Bonchev–Trinajstić information content (AvgIpc) is 3.09. The van der Waals surface area contributed by atoms with Crippen molar-refractivity contribution in [2.75, 3.05) is 0 Å². The van der Waals surface area contributed by atoms with Crippen LogP contribution in [0.2, 0.25) is 0 Å². The van der Waals surface area contributed by atoms with Crippen molar-refractivity contribution < 1.29 is 14.4 Å². The number of hydrogen-bond donors (Lipinski definition) is 0. The van der Waals surface area contributed by atoms with Gasteiger partial charge < -0.3 is 67.0 Å². The minimum atomic E-state index is -0.104. The molecule has 12 atom stereocenters. The van der Waals surface area contributed by atoms with Gasteiger partial charge in [-0.1, -0.05) is 119 Å². The van der Waals surface area contributed by atoms with Gasteiger partial charge in [0.15, 0.2) is 0 Å². The number of carbonyl (C=O) groups excluding carboxylic acids is 3. The Kier molecular flexibility index (Phi) is 22.2. The molecule has 6 aliphatic rings. The molecular weight excluding hydrogens is 848 g/mol. The molecule has 0 heterocycles. The first-order valence-electron chi connectivity index (χ1n) is 22.7. The molecule has 0 aromatic heterocycles. The number of nitrogens with zero attached hydrogens (tertiary/aromatic N) is 3. The third kappa shape index (κ3) is 15.8. The van der Waals surface area contributed by atoms with Crippen molar-refractivity contribution in [1.82, 2.24) is 14.7 Å². The summed E-state index contributed by atoms with van der Waals surface area (Å²) in [6.45, 7) is 13.8. The first-order chi connectivity index (χ1) is 25.7. The third-order valence-corrected chi connectivity index (χ3v) is 15.1. The van der Waals surface area contributed by atoms with Crippen molar-refractivity contribution in [3.8, 4) is 0 Å². The van der Waals surface area contributed by atoms with Gasteiger partial charge in [0, 0.05) is 36.3 Å². The number of amides is 3. The molecule has 10 heteroatoms. The van der Waals surface area contributed by atoms with Crippen LogP contribution in [-0.2, 0) is 37.9 Å². The Morgan fingerprint density at radius 2 is 0.473 bits per heavy atom. The number of rotatable bonds is 6. The molecule has 0 aromatic carbocycles. The predicted octanol–water partition coefficient (Wildman–Crippen LogP) is 12.0. The SMILES string of the molecule is CC1CCCC(N(C(=O)[S-])C2CCCC(C)C2)C1.CC1CCCC(N(C(=O)[S-])C2CCCC(C)C2)C1.CC1CCCC(N(C(=O)[S-])C2CCCC(C)C2)C1.[Sb+3]. The standard InChI is InChI=1S/3C15H27NOS.Sb/c3*1-11-5-3-7-13(9-11)16(15(17)18)14-8-4-6-12(2)10-14;/h3*11-14H,3-10H2,1-2H3,(H,17,18);/q;;;+3/p-3. The summed E-state index contributed by atoms with van der Waals surface area (Å²) in [5.41, 5.74) is 0. The van der Waals surface area contributed by atoms with E-state index in [1.54, 1.807) is 0 Å². The maximum Gasteiger partial charge on any atom is 3.00 e. The van der Waals surface area contributed by atoms with E-state index >= 15 is 0 Å². The van der Waals surface area contributed by atoms with Gasteiger partial charge in [0.25, 0.3) is 0 Å². The second-order valence-electron chi connectivity index (χ2n) is 19.6. The van der Waals surface area contributed by atoms with E-state index in [-0.39, 0.29) is 40.1 Å². The second kappa shape index (κ2) is 24.8. The van der Waals surface area contributed by atoms with E-state index < -0.39 is 0 Å². The van der Waals surface area contributed by atoms with Crippen LogP contribution in [-0.4, -0.2) is 91.1 Å². The van der Waals surface area contributed by atoms with Gasteiger partial charge in [-0.25, -0.2) is 0 Å². The first-order valence-corrected chi connectivity index (χ1v) is 23.9. The van der Waals surface area contributed by atoms with Crippen molar-refractivity contribution in [1.29, 1.82) is 0 Å². The van der Waals surface area contributed by atoms with Crippen molar-refractivity contribution in [2.24, 2.45) is 35.5 Å². The van der Waals surface area contributed by atoms with Crippen LogP contribution in [0.25, 0.3) is 0 Å². The van der Waals surface area contributed by atoms with E-state index in [1.807, 2.05) is 0 Å². The molecule has 2 radical (unpaired) electrons. The average molecular weight is 927 g/mol. The smallest absolute Gasteiger partial charge is 0.719 e. The fourth-order valence-corrected chi connectivity index (χ4v) is 12.6. The van der Waals surface area contributed by atoms with Crippen molar-refractivity contribution in [3.05, 3.63) is 0 Å². The Labute approximate surface area is 372 Å². The molecule has 3 amide bonds. The van der Waals surface area contributed by atoms with Crippen LogP contribution in [0.3, 0.4) is 0 Å². The molecule has 0 N–H and O–H groups in total. The van der Waals surface area contributed by atoms with E-state index in [4.69, 9.17) is 37.9 Å². The molecule has 0 bridgehead atoms. The van der Waals surface area contributed by atoms with Crippen LogP contribution in [0.1, 0.15) is 196 Å². The van der Waals surface area contributed by atoms with Gasteiger partial charge in [-0.2, -0.15) is 0 Å². The number of hydrogen-bond acceptors (Lipinski definition) is 6. The molecule has 0 aromatic rings. The largest absolute Gasteiger partial charge is 3.00 e. The van der Waals surface area contributed by atoms with Gasteiger partial charge in [0.2, 0.25) is 0 Å². The molecule has 6 fully saturated rings. The summed E-state index contributed by atoms with van der Waals surface area (Å²) >= 11 is 15.1. The van der Waals surface area contributed by atoms with Crippen molar-refractivity contribution >= 4 is 78.0 Å². The molecule has 6 saturated carbocycles. The zero-order chi connectivity index (χ0) is 39.4. The third-order valence-electron chi connectivity index (χ3n) is 14.4. The predicted molar refractivity (Wildman–Crippen MR) is 238 cm³/mol. The summed E-state index contributed by atoms with van der Waals surface area (Å²) in [5.74, 6) is 4.51. The molecule has 0 aliphatic heterocycles. The van der Waals surface area contributed by atoms with Crippen LogP contribution in [0.5, 0.6) is 0 Å². The topological polar surface area (TPSA) is 60.9 Å². The van der Waals surface area contributed by atoms with Gasteiger partial charge in [0.1, 0.15) is 15.7 Å². The van der Waals surface area contributed by atoms with E-state index in [9.17, 15) is 14.4 Å². The Balaban J connectivity index is 0.000000220. The fraction of sp³-hybridized carbons (Fsp3) is 0.933. The van der Waals surface area contributed by atoms with Crippen molar-refractivity contribution in [3.63, 3.8) is 0 Å². The van der Waals surface area contributed by atoms with E-state index in [2.05, 4.69) is 56.2 Å². The van der Waals surface area contributed by atoms with Gasteiger partial charge >= 0.3 is 24.4 Å². The quantitative estimate of drug-likeness (QED) is 0.195. The number of carbonyl (C=O) groups is 3. The van der Waals surface area contributed by atoms with Gasteiger partial charge in [-0.15, -0.1) is 0 Å². The summed E-state index contributed by atoms with van der Waals surface area (Å²) in [7, 11) is 0. The fourth-order valence-electron chi connectivity index (χ4n) is 11.7. The van der Waals surface area contributed by atoms with E-state index in [0.717, 1.165) is 113 Å². The van der Waals surface area contributed by atoms with Crippen LogP contribution < -0.4 is 0 Å². The van der Waals surface area contributed by atoms with Crippen LogP contribution >= 0.6 is 0 Å². The minimum absolute atomic E-state index is 0. The Hall–Kier alpha value is -0.112. The summed E-state index contributed by atoms with van der Waals surface area (Å²) < 4.78 is 0. The van der Waals surface area contributed by atoms with Crippen LogP contribution in [0, 0.1) is 35.5 Å². The molecule has 6 rings (SSSR count). The van der Waals surface area contributed by atoms with Crippen LogP contribution in [0.4, 0.5) is 14.4 Å². The summed E-state index contributed by atoms with van der Waals surface area (Å²) in [6, 6.07) is 2.55. The van der Waals surface area contributed by atoms with Gasteiger partial charge in [0.05, 0.1) is 0 Å². The Bertz CT molecular complexity index is 962. The monoisotopic (exact) mass is 925 g/mol. The molecular formula is C45H78N3O3S3Sb. The van der Waals surface area contributed by atoms with Gasteiger partial charge in [-0.3, -0.25) is 0 Å². The Morgan fingerprint density at radius 3 is 0.582 bits per heavy atom. The Morgan fingerprint density at radius 1 is 0.327 bits per heavy atom. The molecule has 55 heavy (non-hydrogen) atoms. The molecule has 6 aliphatic carbocycles. The molecule has 6 nitrogen and oxygen atoms in total. The van der Waals surface area contributed by atoms with Crippen molar-refractivity contribution in [2.45, 2.75) is 232 Å². The normalized spacial score (nSPS) is 36.5. The summed E-state index contributed by atoms with van der Waals surface area (Å²) in [5, 5.41) is -0.311. The summed E-state index contributed by atoms with van der Waals surface area (Å²) in [6.07, 6.45) is 29.4. The second-order valence-corrected chi connectivity index (χ2v) is 20.6. The van der Waals surface area contributed by atoms with E-state index in [1.165, 1.54) is 77.0 Å². The minimum Gasteiger partial charge on any atom is -0.719 e. The maximum atomic E-state index is 11.9. The molecule has 12 unspecified atom stereocenters.